The van der Waals surface area contributed by atoms with E-state index in [1.807, 2.05) is 54.6 Å². The van der Waals surface area contributed by atoms with Crippen LogP contribution in [0, 0.1) is 0 Å². The van der Waals surface area contributed by atoms with Gasteiger partial charge in [-0.3, -0.25) is 0 Å². The van der Waals surface area contributed by atoms with E-state index in [4.69, 9.17) is 15.3 Å². The number of hydrogen-bond acceptors (Lipinski definition) is 5. The highest BCUT2D eigenvalue weighted by Crippen LogP contribution is 2.24. The van der Waals surface area contributed by atoms with Crippen molar-refractivity contribution in [1.29, 1.82) is 0 Å². The third-order valence-electron chi connectivity index (χ3n) is 5.39. The van der Waals surface area contributed by atoms with Gasteiger partial charge in [0.05, 0.1) is 0 Å². The van der Waals surface area contributed by atoms with Crippen molar-refractivity contribution in [2.24, 2.45) is 0 Å². The lowest BCUT2D eigenvalue weighted by Crippen LogP contribution is -1.85. The Labute approximate surface area is 251 Å². The van der Waals surface area contributed by atoms with Crippen molar-refractivity contribution in [3.05, 3.63) is 151 Å². The molecule has 0 bridgehead atoms. The van der Waals surface area contributed by atoms with E-state index in [-0.39, 0.29) is 7.43 Å². The number of benzene rings is 5. The lowest BCUT2D eigenvalue weighted by atomic mass is 10.0. The van der Waals surface area contributed by atoms with Crippen molar-refractivity contribution >= 4 is 0 Å². The number of phenols is 5. The zero-order valence-corrected chi connectivity index (χ0v) is 24.2. The third kappa shape index (κ3) is 16.9. The van der Waals surface area contributed by atoms with E-state index in [0.29, 0.717) is 40.6 Å². The number of aromatic hydroxyl groups is 5. The van der Waals surface area contributed by atoms with E-state index >= 15 is 0 Å². The minimum absolute atomic E-state index is 0. The molecule has 0 aromatic heterocycles. The highest BCUT2D eigenvalue weighted by molar-refractivity contribution is 5.34. The normalized spacial score (nSPS) is 9.19. The molecule has 0 aliphatic carbocycles. The number of para-hydroxylation sites is 5. The summed E-state index contributed by atoms with van der Waals surface area (Å²) < 4.78 is 0. The Morgan fingerprint density at radius 2 is 0.548 bits per heavy atom. The van der Waals surface area contributed by atoms with E-state index in [1.54, 1.807) is 84.9 Å². The van der Waals surface area contributed by atoms with E-state index in [1.165, 1.54) is 0 Å². The molecule has 5 nitrogen and oxygen atoms in total. The van der Waals surface area contributed by atoms with Gasteiger partial charge in [0.2, 0.25) is 0 Å². The quantitative estimate of drug-likeness (QED) is 0.145. The maximum absolute atomic E-state index is 9.28. The Balaban J connectivity index is 0.000000502. The lowest BCUT2D eigenvalue weighted by Gasteiger charge is -2.05. The first-order valence-corrected chi connectivity index (χ1v) is 13.4. The van der Waals surface area contributed by atoms with Crippen LogP contribution in [0.1, 0.15) is 58.1 Å². The summed E-state index contributed by atoms with van der Waals surface area (Å²) in [5.41, 5.74) is 2.03. The van der Waals surface area contributed by atoms with Crippen LogP contribution in [0.4, 0.5) is 0 Å². The Kier molecular flexibility index (Phi) is 19.3. The molecule has 0 aliphatic heterocycles. The average Bonchev–Trinajstić information content (AvgIpc) is 2.96. The van der Waals surface area contributed by atoms with Gasteiger partial charge < -0.3 is 25.5 Å². The number of rotatable bonds is 2. The van der Waals surface area contributed by atoms with Gasteiger partial charge in [0, 0.05) is 0 Å². The summed E-state index contributed by atoms with van der Waals surface area (Å²) in [5, 5.41) is 44.5. The molecule has 0 aliphatic rings. The summed E-state index contributed by atoms with van der Waals surface area (Å²) in [4.78, 5) is 0. The Morgan fingerprint density at radius 1 is 0.333 bits per heavy atom. The molecule has 224 valence electrons. The Bertz CT molecular complexity index is 1180. The molecular formula is C37H46O5. The second kappa shape index (κ2) is 21.9. The molecule has 0 spiro atoms. The van der Waals surface area contributed by atoms with Gasteiger partial charge in [-0.2, -0.15) is 0 Å². The molecule has 0 fully saturated rings. The number of hydrogen-bond donors (Lipinski definition) is 5. The summed E-state index contributed by atoms with van der Waals surface area (Å²) in [6, 6.07) is 41.0. The van der Waals surface area contributed by atoms with Crippen molar-refractivity contribution in [2.45, 2.75) is 47.0 Å². The van der Waals surface area contributed by atoms with Crippen LogP contribution in [-0.4, -0.2) is 25.5 Å². The fourth-order valence-electron chi connectivity index (χ4n) is 3.24. The molecule has 42 heavy (non-hydrogen) atoms. The van der Waals surface area contributed by atoms with Gasteiger partial charge in [0.15, 0.2) is 0 Å². The predicted octanol–water partition coefficient (Wildman–Crippen LogP) is 9.84. The highest BCUT2D eigenvalue weighted by Gasteiger charge is 2.02. The maximum atomic E-state index is 9.28. The SMILES string of the molecule is C.CC(C)c1ccccc1O.CC(C)c1ccccc1O.Oc1ccccc1.Oc1ccccc1.Oc1ccccc1. The van der Waals surface area contributed by atoms with Gasteiger partial charge in [-0.15, -0.1) is 0 Å². The molecule has 5 rings (SSSR count). The van der Waals surface area contributed by atoms with Crippen molar-refractivity contribution in [3.8, 4) is 28.7 Å². The molecule has 5 heteroatoms. The van der Waals surface area contributed by atoms with E-state index in [2.05, 4.69) is 27.7 Å². The van der Waals surface area contributed by atoms with Crippen LogP contribution in [0.2, 0.25) is 0 Å². The van der Waals surface area contributed by atoms with Gasteiger partial charge in [-0.05, 0) is 71.5 Å². The third-order valence-corrected chi connectivity index (χ3v) is 5.39. The fourth-order valence-corrected chi connectivity index (χ4v) is 3.24. The zero-order chi connectivity index (χ0) is 30.5. The molecule has 0 atom stereocenters. The van der Waals surface area contributed by atoms with Gasteiger partial charge in [0.1, 0.15) is 28.7 Å². The summed E-state index contributed by atoms with van der Waals surface area (Å²) in [7, 11) is 0. The van der Waals surface area contributed by atoms with Crippen LogP contribution in [0.5, 0.6) is 28.7 Å². The standard InChI is InChI=1S/2C9H12O.3C6H6O.CH4/c2*1-7(2)8-5-3-4-6-9(8)10;3*7-6-4-2-1-3-5-6;/h2*3-7,10H,1-2H3;3*1-5,7H;1H4. The molecule has 5 aromatic rings. The van der Waals surface area contributed by atoms with Gasteiger partial charge in [0.25, 0.3) is 0 Å². The van der Waals surface area contributed by atoms with E-state index < -0.39 is 0 Å². The van der Waals surface area contributed by atoms with Crippen LogP contribution in [0.3, 0.4) is 0 Å². The monoisotopic (exact) mass is 570 g/mol. The van der Waals surface area contributed by atoms with Crippen molar-refractivity contribution in [2.75, 3.05) is 0 Å². The molecule has 0 saturated heterocycles. The van der Waals surface area contributed by atoms with E-state index in [0.717, 1.165) is 11.1 Å². The molecule has 5 N–H and O–H groups in total. The maximum Gasteiger partial charge on any atom is 0.119 e. The van der Waals surface area contributed by atoms with Crippen LogP contribution in [0.15, 0.2) is 140 Å². The van der Waals surface area contributed by atoms with Crippen LogP contribution in [-0.2, 0) is 0 Å². The first-order chi connectivity index (χ1) is 19.6. The van der Waals surface area contributed by atoms with Crippen LogP contribution >= 0.6 is 0 Å². The molecular weight excluding hydrogens is 524 g/mol. The first kappa shape index (κ1) is 37.1. The predicted molar refractivity (Wildman–Crippen MR) is 175 cm³/mol. The molecule has 0 heterocycles. The summed E-state index contributed by atoms with van der Waals surface area (Å²) >= 11 is 0. The zero-order valence-electron chi connectivity index (χ0n) is 24.2. The minimum Gasteiger partial charge on any atom is -0.508 e. The van der Waals surface area contributed by atoms with Crippen LogP contribution in [0.25, 0.3) is 0 Å². The fraction of sp³-hybridized carbons (Fsp3) is 0.189. The largest absolute Gasteiger partial charge is 0.508 e. The molecule has 5 aromatic carbocycles. The van der Waals surface area contributed by atoms with Crippen LogP contribution < -0.4 is 0 Å². The second-order valence-electron chi connectivity index (χ2n) is 9.43. The Morgan fingerprint density at radius 3 is 0.690 bits per heavy atom. The Hall–Kier alpha value is -4.90. The molecule has 0 saturated carbocycles. The van der Waals surface area contributed by atoms with Crippen molar-refractivity contribution < 1.29 is 25.5 Å². The summed E-state index contributed by atoms with van der Waals surface area (Å²) in [6.07, 6.45) is 0. The second-order valence-corrected chi connectivity index (χ2v) is 9.43. The lowest BCUT2D eigenvalue weighted by molar-refractivity contribution is 0.464. The smallest absolute Gasteiger partial charge is 0.119 e. The number of phenolic OH excluding ortho intramolecular Hbond substituents is 5. The van der Waals surface area contributed by atoms with Gasteiger partial charge in [-0.1, -0.05) is 126 Å². The molecule has 0 radical (unpaired) electrons. The summed E-state index contributed by atoms with van der Waals surface area (Å²) in [5.74, 6) is 2.57. The van der Waals surface area contributed by atoms with Gasteiger partial charge >= 0.3 is 0 Å². The average molecular weight is 571 g/mol. The first-order valence-electron chi connectivity index (χ1n) is 13.4. The topological polar surface area (TPSA) is 101 Å². The molecule has 0 amide bonds. The van der Waals surface area contributed by atoms with Crippen molar-refractivity contribution in [1.82, 2.24) is 0 Å². The minimum atomic E-state index is 0. The van der Waals surface area contributed by atoms with Crippen molar-refractivity contribution in [3.63, 3.8) is 0 Å². The van der Waals surface area contributed by atoms with E-state index in [9.17, 15) is 10.2 Å². The van der Waals surface area contributed by atoms with Gasteiger partial charge in [-0.25, -0.2) is 0 Å². The summed E-state index contributed by atoms with van der Waals surface area (Å²) in [6.45, 7) is 8.26. The highest BCUT2D eigenvalue weighted by atomic mass is 16.3. The molecule has 0 unspecified atom stereocenters.